The Bertz CT molecular complexity index is 557. The number of anilines is 1. The molecule has 0 atom stereocenters. The summed E-state index contributed by atoms with van der Waals surface area (Å²) < 4.78 is 0. The summed E-state index contributed by atoms with van der Waals surface area (Å²) in [6.07, 6.45) is 5.34. The summed E-state index contributed by atoms with van der Waals surface area (Å²) in [4.78, 5) is 25.7. The molecule has 1 aromatic rings. The number of rotatable bonds is 4. The standard InChI is InChI=1S/C16H20Cl2N2O2/c1-11(21)20(12-6-3-2-4-7-12)10-15(22)19-14-9-5-8-13(17)16(14)18/h5,8-9,12H,2-4,6-7,10H2,1H3,(H,19,22). The number of nitrogens with zero attached hydrogens (tertiary/aromatic N) is 1. The predicted molar refractivity (Wildman–Crippen MR) is 89.4 cm³/mol. The SMILES string of the molecule is CC(=O)N(CC(=O)Nc1cccc(Cl)c1Cl)C1CCCCC1. The number of benzene rings is 1. The van der Waals surface area contributed by atoms with Crippen molar-refractivity contribution in [1.29, 1.82) is 0 Å². The van der Waals surface area contributed by atoms with E-state index in [0.29, 0.717) is 15.7 Å². The van der Waals surface area contributed by atoms with E-state index in [1.165, 1.54) is 13.3 Å². The molecule has 1 aromatic carbocycles. The molecule has 6 heteroatoms. The van der Waals surface area contributed by atoms with E-state index in [4.69, 9.17) is 23.2 Å². The Morgan fingerprint density at radius 2 is 1.91 bits per heavy atom. The predicted octanol–water partition coefficient (Wildman–Crippen LogP) is 4.11. The molecule has 0 heterocycles. The number of halogens is 2. The molecular weight excluding hydrogens is 323 g/mol. The van der Waals surface area contributed by atoms with E-state index >= 15 is 0 Å². The number of carbonyl (C=O) groups is 2. The molecule has 0 saturated heterocycles. The van der Waals surface area contributed by atoms with Gasteiger partial charge in [0.1, 0.15) is 6.54 Å². The van der Waals surface area contributed by atoms with Crippen molar-refractivity contribution in [2.75, 3.05) is 11.9 Å². The first-order valence-corrected chi connectivity index (χ1v) is 8.25. The van der Waals surface area contributed by atoms with E-state index in [1.807, 2.05) is 0 Å². The Kier molecular flexibility index (Phi) is 6.09. The fourth-order valence-corrected chi connectivity index (χ4v) is 3.18. The fraction of sp³-hybridized carbons (Fsp3) is 0.500. The van der Waals surface area contributed by atoms with Crippen LogP contribution in [0.3, 0.4) is 0 Å². The molecule has 1 saturated carbocycles. The van der Waals surface area contributed by atoms with Crippen LogP contribution in [0.4, 0.5) is 5.69 Å². The molecule has 1 aliphatic carbocycles. The molecule has 0 unspecified atom stereocenters. The summed E-state index contributed by atoms with van der Waals surface area (Å²) in [6, 6.07) is 5.22. The van der Waals surface area contributed by atoms with Gasteiger partial charge in [0, 0.05) is 13.0 Å². The zero-order valence-corrected chi connectivity index (χ0v) is 14.1. The molecule has 0 radical (unpaired) electrons. The van der Waals surface area contributed by atoms with Crippen LogP contribution in [-0.4, -0.2) is 29.3 Å². The van der Waals surface area contributed by atoms with Crippen LogP contribution in [0.5, 0.6) is 0 Å². The first-order chi connectivity index (χ1) is 10.5. The van der Waals surface area contributed by atoms with Crippen LogP contribution in [-0.2, 0) is 9.59 Å². The zero-order valence-electron chi connectivity index (χ0n) is 12.6. The van der Waals surface area contributed by atoms with Crippen LogP contribution in [0.1, 0.15) is 39.0 Å². The summed E-state index contributed by atoms with van der Waals surface area (Å²) in [5, 5.41) is 3.42. The molecule has 22 heavy (non-hydrogen) atoms. The second kappa shape index (κ2) is 7.84. The highest BCUT2D eigenvalue weighted by Crippen LogP contribution is 2.29. The molecule has 1 N–H and O–H groups in total. The zero-order chi connectivity index (χ0) is 16.1. The maximum atomic E-state index is 12.2. The number of hydrogen-bond donors (Lipinski definition) is 1. The maximum Gasteiger partial charge on any atom is 0.244 e. The fourth-order valence-electron chi connectivity index (χ4n) is 2.84. The Balaban J connectivity index is 2.02. The first kappa shape index (κ1) is 17.1. The van der Waals surface area contributed by atoms with Crippen molar-refractivity contribution in [3.8, 4) is 0 Å². The van der Waals surface area contributed by atoms with Crippen molar-refractivity contribution >= 4 is 40.7 Å². The average molecular weight is 343 g/mol. The summed E-state index contributed by atoms with van der Waals surface area (Å²) >= 11 is 12.0. The molecule has 120 valence electrons. The van der Waals surface area contributed by atoms with Gasteiger partial charge in [0.2, 0.25) is 11.8 Å². The third kappa shape index (κ3) is 4.37. The van der Waals surface area contributed by atoms with Gasteiger partial charge in [0.15, 0.2) is 0 Å². The second-order valence-electron chi connectivity index (χ2n) is 5.59. The normalized spacial score (nSPS) is 15.4. The lowest BCUT2D eigenvalue weighted by atomic mass is 9.94. The van der Waals surface area contributed by atoms with Crippen LogP contribution in [0.15, 0.2) is 18.2 Å². The van der Waals surface area contributed by atoms with Gasteiger partial charge in [-0.05, 0) is 25.0 Å². The lowest BCUT2D eigenvalue weighted by molar-refractivity contribution is -0.135. The van der Waals surface area contributed by atoms with Gasteiger partial charge in [-0.15, -0.1) is 0 Å². The van der Waals surface area contributed by atoms with Crippen molar-refractivity contribution in [3.63, 3.8) is 0 Å². The average Bonchev–Trinajstić information content (AvgIpc) is 2.50. The third-order valence-corrected chi connectivity index (χ3v) is 4.78. The second-order valence-corrected chi connectivity index (χ2v) is 6.37. The molecule has 1 fully saturated rings. The van der Waals surface area contributed by atoms with Gasteiger partial charge in [0.05, 0.1) is 15.7 Å². The van der Waals surface area contributed by atoms with E-state index in [9.17, 15) is 9.59 Å². The molecule has 0 aromatic heterocycles. The topological polar surface area (TPSA) is 49.4 Å². The Morgan fingerprint density at radius 1 is 1.23 bits per heavy atom. The Morgan fingerprint density at radius 3 is 2.55 bits per heavy atom. The molecule has 1 aliphatic rings. The first-order valence-electron chi connectivity index (χ1n) is 7.50. The third-order valence-electron chi connectivity index (χ3n) is 3.96. The lowest BCUT2D eigenvalue weighted by Crippen LogP contribution is -2.44. The highest BCUT2D eigenvalue weighted by molar-refractivity contribution is 6.44. The minimum absolute atomic E-state index is 0.0445. The van der Waals surface area contributed by atoms with Crippen LogP contribution in [0.25, 0.3) is 0 Å². The van der Waals surface area contributed by atoms with Gasteiger partial charge < -0.3 is 10.2 Å². The van der Waals surface area contributed by atoms with Crippen molar-refractivity contribution in [2.24, 2.45) is 0 Å². The molecule has 0 aliphatic heterocycles. The summed E-state index contributed by atoms with van der Waals surface area (Å²) in [6.45, 7) is 1.55. The van der Waals surface area contributed by atoms with Gasteiger partial charge in [-0.1, -0.05) is 48.5 Å². The monoisotopic (exact) mass is 342 g/mol. The Hall–Kier alpha value is -1.26. The molecule has 2 amide bonds. The van der Waals surface area contributed by atoms with Crippen molar-refractivity contribution in [1.82, 2.24) is 4.90 Å². The highest BCUT2D eigenvalue weighted by Gasteiger charge is 2.25. The van der Waals surface area contributed by atoms with Gasteiger partial charge in [0.25, 0.3) is 0 Å². The van der Waals surface area contributed by atoms with Gasteiger partial charge in [-0.3, -0.25) is 9.59 Å². The van der Waals surface area contributed by atoms with Crippen LogP contribution in [0.2, 0.25) is 10.0 Å². The smallest absolute Gasteiger partial charge is 0.244 e. The Labute approximate surface area is 140 Å². The molecule has 2 rings (SSSR count). The van der Waals surface area contributed by atoms with E-state index in [0.717, 1.165) is 25.7 Å². The molecule has 4 nitrogen and oxygen atoms in total. The number of nitrogens with one attached hydrogen (secondary N) is 1. The molecular formula is C16H20Cl2N2O2. The van der Waals surface area contributed by atoms with E-state index in [2.05, 4.69) is 5.32 Å². The van der Waals surface area contributed by atoms with Crippen molar-refractivity contribution in [2.45, 2.75) is 45.1 Å². The number of hydrogen-bond acceptors (Lipinski definition) is 2. The van der Waals surface area contributed by atoms with Crippen LogP contribution in [0, 0.1) is 0 Å². The van der Waals surface area contributed by atoms with Gasteiger partial charge in [-0.2, -0.15) is 0 Å². The lowest BCUT2D eigenvalue weighted by Gasteiger charge is -2.33. The highest BCUT2D eigenvalue weighted by atomic mass is 35.5. The number of amides is 2. The minimum Gasteiger partial charge on any atom is -0.331 e. The quantitative estimate of drug-likeness (QED) is 0.894. The largest absolute Gasteiger partial charge is 0.331 e. The van der Waals surface area contributed by atoms with Gasteiger partial charge >= 0.3 is 0 Å². The maximum absolute atomic E-state index is 12.2. The van der Waals surface area contributed by atoms with Gasteiger partial charge in [-0.25, -0.2) is 0 Å². The summed E-state index contributed by atoms with van der Waals surface area (Å²) in [7, 11) is 0. The molecule has 0 bridgehead atoms. The minimum atomic E-state index is -0.259. The van der Waals surface area contributed by atoms with E-state index in [1.54, 1.807) is 23.1 Å². The van der Waals surface area contributed by atoms with E-state index in [-0.39, 0.29) is 24.4 Å². The summed E-state index contributed by atoms with van der Waals surface area (Å²) in [5.74, 6) is -0.329. The van der Waals surface area contributed by atoms with E-state index < -0.39 is 0 Å². The van der Waals surface area contributed by atoms with Crippen LogP contribution >= 0.6 is 23.2 Å². The van der Waals surface area contributed by atoms with Crippen molar-refractivity contribution < 1.29 is 9.59 Å². The number of carbonyl (C=O) groups excluding carboxylic acids is 2. The molecule has 0 spiro atoms. The van der Waals surface area contributed by atoms with Crippen LogP contribution < -0.4 is 5.32 Å². The van der Waals surface area contributed by atoms with Crippen molar-refractivity contribution in [3.05, 3.63) is 28.2 Å². The summed E-state index contributed by atoms with van der Waals surface area (Å²) in [5.41, 5.74) is 0.464.